The number of halogens is 1. The summed E-state index contributed by atoms with van der Waals surface area (Å²) in [5.41, 5.74) is 2.63. The average molecular weight is 293 g/mol. The average Bonchev–Trinajstić information content (AvgIpc) is 2.76. The van der Waals surface area contributed by atoms with Crippen LogP contribution < -0.4 is 0 Å². The van der Waals surface area contributed by atoms with Gasteiger partial charge < -0.3 is 4.42 Å². The fraction of sp³-hybridized carbons (Fsp3) is 0.333. The van der Waals surface area contributed by atoms with Crippen molar-refractivity contribution < 1.29 is 4.42 Å². The van der Waals surface area contributed by atoms with Gasteiger partial charge in [-0.3, -0.25) is 0 Å². The minimum Gasteiger partial charge on any atom is -0.465 e. The molecule has 2 aromatic rings. The zero-order valence-electron chi connectivity index (χ0n) is 10.2. The van der Waals surface area contributed by atoms with E-state index in [9.17, 15) is 0 Å². The second-order valence-electron chi connectivity index (χ2n) is 4.30. The van der Waals surface area contributed by atoms with Crippen molar-refractivity contribution in [1.82, 2.24) is 0 Å². The second-order valence-corrected chi connectivity index (χ2v) is 5.22. The van der Waals surface area contributed by atoms with Crippen LogP contribution >= 0.6 is 15.9 Å². The zero-order chi connectivity index (χ0) is 12.3. The lowest BCUT2D eigenvalue weighted by molar-refractivity contribution is 0.492. The maximum absolute atomic E-state index is 5.63. The molecule has 0 radical (unpaired) electrons. The van der Waals surface area contributed by atoms with E-state index in [-0.39, 0.29) is 4.83 Å². The van der Waals surface area contributed by atoms with Crippen molar-refractivity contribution >= 4 is 15.9 Å². The highest BCUT2D eigenvalue weighted by Crippen LogP contribution is 2.31. The van der Waals surface area contributed by atoms with Gasteiger partial charge in [0.1, 0.15) is 11.5 Å². The smallest absolute Gasteiger partial charge is 0.122 e. The van der Waals surface area contributed by atoms with Gasteiger partial charge in [-0.15, -0.1) is 0 Å². The molecule has 1 nitrogen and oxygen atoms in total. The second kappa shape index (κ2) is 5.54. The summed E-state index contributed by atoms with van der Waals surface area (Å²) in [5.74, 6) is 1.91. The highest BCUT2D eigenvalue weighted by Gasteiger charge is 2.13. The van der Waals surface area contributed by atoms with Crippen LogP contribution in [0.5, 0.6) is 0 Å². The summed E-state index contributed by atoms with van der Waals surface area (Å²) >= 11 is 3.68. The molecule has 2 heteroatoms. The summed E-state index contributed by atoms with van der Waals surface area (Å²) in [5, 5.41) is 0. The first-order valence-electron chi connectivity index (χ1n) is 6.00. The zero-order valence-corrected chi connectivity index (χ0v) is 11.8. The van der Waals surface area contributed by atoms with E-state index in [0.717, 1.165) is 17.9 Å². The van der Waals surface area contributed by atoms with Crippen molar-refractivity contribution in [2.45, 2.75) is 31.5 Å². The Morgan fingerprint density at radius 2 is 1.82 bits per heavy atom. The number of aryl methyl sites for hydroxylation is 2. The molecule has 0 saturated carbocycles. The Morgan fingerprint density at radius 3 is 2.35 bits per heavy atom. The Kier molecular flexibility index (Phi) is 4.06. The van der Waals surface area contributed by atoms with E-state index in [1.165, 1.54) is 17.5 Å². The van der Waals surface area contributed by atoms with Gasteiger partial charge in [-0.05, 0) is 36.6 Å². The first-order valence-corrected chi connectivity index (χ1v) is 6.91. The molecule has 1 aromatic carbocycles. The van der Waals surface area contributed by atoms with Crippen molar-refractivity contribution in [2.24, 2.45) is 0 Å². The number of hydrogen-bond acceptors (Lipinski definition) is 1. The summed E-state index contributed by atoms with van der Waals surface area (Å²) in [6, 6.07) is 12.8. The van der Waals surface area contributed by atoms with Crippen LogP contribution in [0.3, 0.4) is 0 Å². The number of hydrogen-bond donors (Lipinski definition) is 0. The molecule has 0 aliphatic carbocycles. The largest absolute Gasteiger partial charge is 0.465 e. The molecule has 0 fully saturated rings. The molecule has 1 unspecified atom stereocenters. The van der Waals surface area contributed by atoms with Gasteiger partial charge in [0.25, 0.3) is 0 Å². The monoisotopic (exact) mass is 292 g/mol. The standard InChI is InChI=1S/C15H17BrO/c1-3-4-12-6-8-13(9-7-12)15(16)14-10-5-11(2)17-14/h5-10,15H,3-4H2,1-2H3. The van der Waals surface area contributed by atoms with Crippen LogP contribution in [0.2, 0.25) is 0 Å². The van der Waals surface area contributed by atoms with E-state index >= 15 is 0 Å². The fourth-order valence-corrected chi connectivity index (χ4v) is 2.45. The van der Waals surface area contributed by atoms with Crippen LogP contribution in [0, 0.1) is 6.92 Å². The molecular weight excluding hydrogens is 276 g/mol. The number of alkyl halides is 1. The molecule has 0 N–H and O–H groups in total. The summed E-state index contributed by atoms with van der Waals surface area (Å²) in [6.07, 6.45) is 2.33. The van der Waals surface area contributed by atoms with E-state index < -0.39 is 0 Å². The molecule has 2 rings (SSSR count). The number of rotatable bonds is 4. The van der Waals surface area contributed by atoms with Crippen LogP contribution in [-0.4, -0.2) is 0 Å². The maximum Gasteiger partial charge on any atom is 0.122 e. The van der Waals surface area contributed by atoms with Crippen LogP contribution in [0.25, 0.3) is 0 Å². The number of benzene rings is 1. The van der Waals surface area contributed by atoms with Gasteiger partial charge in [-0.25, -0.2) is 0 Å². The van der Waals surface area contributed by atoms with E-state index in [4.69, 9.17) is 4.42 Å². The third-order valence-corrected chi connectivity index (χ3v) is 3.80. The Hall–Kier alpha value is -1.02. The van der Waals surface area contributed by atoms with Gasteiger partial charge in [0.2, 0.25) is 0 Å². The topological polar surface area (TPSA) is 13.1 Å². The van der Waals surface area contributed by atoms with E-state index in [0.29, 0.717) is 0 Å². The van der Waals surface area contributed by atoms with Crippen molar-refractivity contribution in [3.05, 3.63) is 59.0 Å². The number of furan rings is 1. The molecule has 0 saturated heterocycles. The molecule has 1 heterocycles. The SMILES string of the molecule is CCCc1ccc(C(Br)c2ccc(C)o2)cc1. The van der Waals surface area contributed by atoms with Gasteiger partial charge in [0.15, 0.2) is 0 Å². The van der Waals surface area contributed by atoms with E-state index in [1.807, 2.05) is 19.1 Å². The van der Waals surface area contributed by atoms with Crippen molar-refractivity contribution in [3.63, 3.8) is 0 Å². The summed E-state index contributed by atoms with van der Waals surface area (Å²) in [4.78, 5) is 0.145. The Balaban J connectivity index is 2.16. The first kappa shape index (κ1) is 12.4. The molecule has 1 atom stereocenters. The third kappa shape index (κ3) is 3.01. The molecule has 0 bridgehead atoms. The predicted molar refractivity (Wildman–Crippen MR) is 74.7 cm³/mol. The van der Waals surface area contributed by atoms with Gasteiger partial charge in [-0.1, -0.05) is 53.5 Å². The third-order valence-electron chi connectivity index (χ3n) is 2.82. The Bertz CT molecular complexity index is 470. The predicted octanol–water partition coefficient (Wildman–Crippen LogP) is 5.02. The van der Waals surface area contributed by atoms with Crippen molar-refractivity contribution in [1.29, 1.82) is 0 Å². The van der Waals surface area contributed by atoms with E-state index in [1.54, 1.807) is 0 Å². The fourth-order valence-electron chi connectivity index (χ4n) is 1.90. The maximum atomic E-state index is 5.63. The quantitative estimate of drug-likeness (QED) is 0.721. The first-order chi connectivity index (χ1) is 8.20. The Labute approximate surface area is 111 Å². The minimum atomic E-state index is 0.145. The lowest BCUT2D eigenvalue weighted by atomic mass is 10.1. The normalized spacial score (nSPS) is 12.6. The minimum absolute atomic E-state index is 0.145. The molecular formula is C15H17BrO. The van der Waals surface area contributed by atoms with E-state index in [2.05, 4.69) is 47.1 Å². The van der Waals surface area contributed by atoms with Gasteiger partial charge >= 0.3 is 0 Å². The molecule has 90 valence electrons. The van der Waals surface area contributed by atoms with Gasteiger partial charge in [0.05, 0.1) is 4.83 Å². The molecule has 0 aliphatic heterocycles. The van der Waals surface area contributed by atoms with Crippen LogP contribution in [-0.2, 0) is 6.42 Å². The van der Waals surface area contributed by atoms with Crippen molar-refractivity contribution in [2.75, 3.05) is 0 Å². The molecule has 0 aliphatic rings. The molecule has 17 heavy (non-hydrogen) atoms. The summed E-state index contributed by atoms with van der Waals surface area (Å²) in [6.45, 7) is 4.17. The molecule has 1 aromatic heterocycles. The van der Waals surface area contributed by atoms with Gasteiger partial charge in [-0.2, -0.15) is 0 Å². The van der Waals surface area contributed by atoms with Crippen molar-refractivity contribution in [3.8, 4) is 0 Å². The molecule has 0 spiro atoms. The highest BCUT2D eigenvalue weighted by molar-refractivity contribution is 9.09. The summed E-state index contributed by atoms with van der Waals surface area (Å²) < 4.78 is 5.63. The summed E-state index contributed by atoms with van der Waals surface area (Å²) in [7, 11) is 0. The lowest BCUT2D eigenvalue weighted by Gasteiger charge is -2.08. The lowest BCUT2D eigenvalue weighted by Crippen LogP contribution is -1.91. The highest BCUT2D eigenvalue weighted by atomic mass is 79.9. The molecule has 0 amide bonds. The Morgan fingerprint density at radius 1 is 1.12 bits per heavy atom. The van der Waals surface area contributed by atoms with Crippen LogP contribution in [0.1, 0.15) is 40.8 Å². The van der Waals surface area contributed by atoms with Gasteiger partial charge in [0, 0.05) is 0 Å². The van der Waals surface area contributed by atoms with Crippen LogP contribution in [0.15, 0.2) is 40.8 Å². The van der Waals surface area contributed by atoms with Crippen LogP contribution in [0.4, 0.5) is 0 Å².